The van der Waals surface area contributed by atoms with Crippen LogP contribution in [0.4, 0.5) is 0 Å². The Morgan fingerprint density at radius 1 is 1.31 bits per heavy atom. The standard InChI is InChI=1S/C10H9ClN2O2S/c1-12-16(14,15)8-2-3-9-7(6-8)4-5-13-10(9)11/h2-6,12H,1H3. The number of fused-ring (bicyclic) bond motifs is 1. The van der Waals surface area contributed by atoms with Gasteiger partial charge in [-0.1, -0.05) is 11.6 Å². The highest BCUT2D eigenvalue weighted by Gasteiger charge is 2.12. The Balaban J connectivity index is 2.71. The third-order valence-electron chi connectivity index (χ3n) is 2.27. The molecular formula is C10H9ClN2O2S. The zero-order valence-corrected chi connectivity index (χ0v) is 10.0. The summed E-state index contributed by atoms with van der Waals surface area (Å²) in [5.74, 6) is 0. The van der Waals surface area contributed by atoms with E-state index in [-0.39, 0.29) is 4.90 Å². The Hall–Kier alpha value is -1.17. The first kappa shape index (κ1) is 11.3. The summed E-state index contributed by atoms with van der Waals surface area (Å²) in [7, 11) is -2.04. The lowest BCUT2D eigenvalue weighted by molar-refractivity contribution is 0.588. The van der Waals surface area contributed by atoms with Gasteiger partial charge in [0.15, 0.2) is 0 Å². The molecule has 0 unspecified atom stereocenters. The van der Waals surface area contributed by atoms with E-state index in [0.717, 1.165) is 10.8 Å². The number of halogens is 1. The molecule has 0 radical (unpaired) electrons. The van der Waals surface area contributed by atoms with Gasteiger partial charge in [-0.05, 0) is 36.7 Å². The van der Waals surface area contributed by atoms with Crippen molar-refractivity contribution in [2.24, 2.45) is 0 Å². The van der Waals surface area contributed by atoms with E-state index in [1.165, 1.54) is 13.1 Å². The molecule has 84 valence electrons. The summed E-state index contributed by atoms with van der Waals surface area (Å²) in [6.07, 6.45) is 1.54. The van der Waals surface area contributed by atoms with Crippen LogP contribution in [0.3, 0.4) is 0 Å². The molecule has 0 amide bonds. The second-order valence-corrected chi connectivity index (χ2v) is 5.44. The van der Waals surface area contributed by atoms with Gasteiger partial charge >= 0.3 is 0 Å². The maximum absolute atomic E-state index is 11.6. The zero-order chi connectivity index (χ0) is 11.8. The van der Waals surface area contributed by atoms with Crippen LogP contribution >= 0.6 is 11.6 Å². The molecule has 0 aliphatic heterocycles. The van der Waals surface area contributed by atoms with Gasteiger partial charge in [0, 0.05) is 11.6 Å². The smallest absolute Gasteiger partial charge is 0.240 e. The molecule has 0 fully saturated rings. The number of benzene rings is 1. The third-order valence-corrected chi connectivity index (χ3v) is 3.98. The predicted octanol–water partition coefficient (Wildman–Crippen LogP) is 1.80. The Labute approximate surface area is 98.3 Å². The number of nitrogens with one attached hydrogen (secondary N) is 1. The van der Waals surface area contributed by atoms with E-state index < -0.39 is 10.0 Å². The molecule has 0 bridgehead atoms. The molecule has 0 atom stereocenters. The molecule has 0 spiro atoms. The van der Waals surface area contributed by atoms with Crippen LogP contribution < -0.4 is 4.72 Å². The normalized spacial score (nSPS) is 11.9. The van der Waals surface area contributed by atoms with Crippen LogP contribution in [0.2, 0.25) is 5.15 Å². The molecule has 1 aromatic heterocycles. The summed E-state index contributed by atoms with van der Waals surface area (Å²) in [5.41, 5.74) is 0. The second-order valence-electron chi connectivity index (χ2n) is 3.19. The fourth-order valence-electron chi connectivity index (χ4n) is 1.40. The maximum atomic E-state index is 11.6. The topological polar surface area (TPSA) is 59.1 Å². The molecule has 6 heteroatoms. The van der Waals surface area contributed by atoms with Crippen LogP contribution in [-0.4, -0.2) is 20.4 Å². The van der Waals surface area contributed by atoms with Crippen LogP contribution in [0.5, 0.6) is 0 Å². The Morgan fingerprint density at radius 2 is 2.06 bits per heavy atom. The molecule has 2 rings (SSSR count). The van der Waals surface area contributed by atoms with Crippen molar-refractivity contribution in [1.82, 2.24) is 9.71 Å². The van der Waals surface area contributed by atoms with Crippen molar-refractivity contribution in [1.29, 1.82) is 0 Å². The highest BCUT2D eigenvalue weighted by atomic mass is 35.5. The molecule has 0 saturated heterocycles. The first-order valence-electron chi connectivity index (χ1n) is 4.52. The molecule has 0 aliphatic carbocycles. The van der Waals surface area contributed by atoms with Crippen molar-refractivity contribution >= 4 is 32.4 Å². The SMILES string of the molecule is CNS(=O)(=O)c1ccc2c(Cl)nccc2c1. The minimum atomic E-state index is -3.42. The van der Waals surface area contributed by atoms with Gasteiger partial charge < -0.3 is 0 Å². The van der Waals surface area contributed by atoms with Crippen molar-refractivity contribution in [3.05, 3.63) is 35.6 Å². The number of aromatic nitrogens is 1. The summed E-state index contributed by atoms with van der Waals surface area (Å²) in [6.45, 7) is 0. The van der Waals surface area contributed by atoms with Gasteiger partial charge in [0.05, 0.1) is 4.90 Å². The van der Waals surface area contributed by atoms with Gasteiger partial charge in [0.25, 0.3) is 0 Å². The molecule has 1 N–H and O–H groups in total. The number of pyridine rings is 1. The third kappa shape index (κ3) is 1.89. The quantitative estimate of drug-likeness (QED) is 0.834. The van der Waals surface area contributed by atoms with Crippen LogP contribution in [0.1, 0.15) is 0 Å². The fraction of sp³-hybridized carbons (Fsp3) is 0.100. The Morgan fingerprint density at radius 3 is 2.75 bits per heavy atom. The number of sulfonamides is 1. The van der Waals surface area contributed by atoms with E-state index in [1.54, 1.807) is 24.4 Å². The molecule has 4 nitrogen and oxygen atoms in total. The highest BCUT2D eigenvalue weighted by Crippen LogP contribution is 2.23. The summed E-state index contributed by atoms with van der Waals surface area (Å²) >= 11 is 5.88. The van der Waals surface area contributed by atoms with Gasteiger partial charge in [0.1, 0.15) is 5.15 Å². The van der Waals surface area contributed by atoms with Crippen LogP contribution in [0, 0.1) is 0 Å². The lowest BCUT2D eigenvalue weighted by Gasteiger charge is -2.04. The number of nitrogens with zero attached hydrogens (tertiary/aromatic N) is 1. The largest absolute Gasteiger partial charge is 0.244 e. The second kappa shape index (κ2) is 4.01. The van der Waals surface area contributed by atoms with Crippen molar-refractivity contribution in [2.45, 2.75) is 4.90 Å². The van der Waals surface area contributed by atoms with Crippen molar-refractivity contribution < 1.29 is 8.42 Å². The van der Waals surface area contributed by atoms with Crippen molar-refractivity contribution in [2.75, 3.05) is 7.05 Å². The van der Waals surface area contributed by atoms with E-state index in [4.69, 9.17) is 11.6 Å². The summed E-state index contributed by atoms with van der Waals surface area (Å²) in [5, 5.41) is 1.85. The van der Waals surface area contributed by atoms with Crippen LogP contribution in [0.25, 0.3) is 10.8 Å². The van der Waals surface area contributed by atoms with E-state index in [1.807, 2.05) is 0 Å². The summed E-state index contributed by atoms with van der Waals surface area (Å²) in [6, 6.07) is 6.43. The van der Waals surface area contributed by atoms with E-state index in [2.05, 4.69) is 9.71 Å². The number of rotatable bonds is 2. The highest BCUT2D eigenvalue weighted by molar-refractivity contribution is 7.89. The minimum absolute atomic E-state index is 0.213. The summed E-state index contributed by atoms with van der Waals surface area (Å²) in [4.78, 5) is 4.13. The molecule has 0 aliphatic rings. The molecule has 16 heavy (non-hydrogen) atoms. The van der Waals surface area contributed by atoms with Gasteiger partial charge in [-0.25, -0.2) is 18.1 Å². The Bertz CT molecular complexity index is 640. The zero-order valence-electron chi connectivity index (χ0n) is 8.44. The van der Waals surface area contributed by atoms with E-state index >= 15 is 0 Å². The molecular weight excluding hydrogens is 248 g/mol. The lowest BCUT2D eigenvalue weighted by atomic mass is 10.2. The number of hydrogen-bond donors (Lipinski definition) is 1. The average molecular weight is 257 g/mol. The maximum Gasteiger partial charge on any atom is 0.240 e. The molecule has 0 saturated carbocycles. The van der Waals surface area contributed by atoms with Gasteiger partial charge in [0.2, 0.25) is 10.0 Å². The number of hydrogen-bond acceptors (Lipinski definition) is 3. The molecule has 1 aromatic carbocycles. The van der Waals surface area contributed by atoms with Gasteiger partial charge in [-0.2, -0.15) is 0 Å². The lowest BCUT2D eigenvalue weighted by Crippen LogP contribution is -2.18. The monoisotopic (exact) mass is 256 g/mol. The molecule has 1 heterocycles. The fourth-order valence-corrected chi connectivity index (χ4v) is 2.40. The first-order valence-corrected chi connectivity index (χ1v) is 6.38. The minimum Gasteiger partial charge on any atom is -0.244 e. The summed E-state index contributed by atoms with van der Waals surface area (Å²) < 4.78 is 25.4. The van der Waals surface area contributed by atoms with E-state index in [9.17, 15) is 8.42 Å². The van der Waals surface area contributed by atoms with Gasteiger partial charge in [-0.15, -0.1) is 0 Å². The van der Waals surface area contributed by atoms with Crippen molar-refractivity contribution in [3.8, 4) is 0 Å². The Kier molecular flexibility index (Phi) is 2.84. The first-order chi connectivity index (χ1) is 7.54. The van der Waals surface area contributed by atoms with Crippen molar-refractivity contribution in [3.63, 3.8) is 0 Å². The van der Waals surface area contributed by atoms with Gasteiger partial charge in [-0.3, -0.25) is 0 Å². The van der Waals surface area contributed by atoms with Crippen LogP contribution in [-0.2, 0) is 10.0 Å². The molecule has 2 aromatic rings. The van der Waals surface area contributed by atoms with Crippen LogP contribution in [0.15, 0.2) is 35.4 Å². The van der Waals surface area contributed by atoms with E-state index in [0.29, 0.717) is 5.15 Å². The predicted molar refractivity (Wildman–Crippen MR) is 63.0 cm³/mol. The average Bonchev–Trinajstić information content (AvgIpc) is 2.29.